The van der Waals surface area contributed by atoms with E-state index >= 15 is 0 Å². The molecule has 2 rings (SSSR count). The van der Waals surface area contributed by atoms with Crippen molar-refractivity contribution in [3.8, 4) is 0 Å². The van der Waals surface area contributed by atoms with Gasteiger partial charge in [0.15, 0.2) is 0 Å². The fraction of sp³-hybridized carbons (Fsp3) is 0.933. The molecule has 3 heteroatoms. The molecule has 0 radical (unpaired) electrons. The first-order valence-corrected chi connectivity index (χ1v) is 7.53. The predicted octanol–water partition coefficient (Wildman–Crippen LogP) is 2.40. The number of nitrogens with zero attached hydrogens (tertiary/aromatic N) is 1. The Morgan fingerprint density at radius 1 is 1.11 bits per heavy atom. The molecule has 0 bridgehead atoms. The molecule has 2 aliphatic rings. The molecule has 0 spiro atoms. The third kappa shape index (κ3) is 2.71. The summed E-state index contributed by atoms with van der Waals surface area (Å²) in [5, 5.41) is 0. The molecule has 0 aromatic rings. The molecule has 0 heterocycles. The van der Waals surface area contributed by atoms with Crippen molar-refractivity contribution in [3.05, 3.63) is 0 Å². The van der Waals surface area contributed by atoms with Gasteiger partial charge < -0.3 is 10.6 Å². The average Bonchev–Trinajstić information content (AvgIpc) is 2.85. The maximum atomic E-state index is 12.6. The molecule has 3 nitrogen and oxygen atoms in total. The van der Waals surface area contributed by atoms with E-state index in [1.807, 2.05) is 11.9 Å². The van der Waals surface area contributed by atoms with Crippen LogP contribution in [0.4, 0.5) is 0 Å². The lowest BCUT2D eigenvalue weighted by molar-refractivity contribution is -0.139. The van der Waals surface area contributed by atoms with Crippen LogP contribution in [0.2, 0.25) is 0 Å². The van der Waals surface area contributed by atoms with Gasteiger partial charge in [-0.2, -0.15) is 0 Å². The molecule has 18 heavy (non-hydrogen) atoms. The van der Waals surface area contributed by atoms with Crippen LogP contribution in [0.25, 0.3) is 0 Å². The highest BCUT2D eigenvalue weighted by atomic mass is 16.2. The van der Waals surface area contributed by atoms with Crippen LogP contribution in [0, 0.1) is 17.8 Å². The van der Waals surface area contributed by atoms with E-state index in [9.17, 15) is 4.79 Å². The molecule has 1 amide bonds. The molecular weight excluding hydrogens is 224 g/mol. The van der Waals surface area contributed by atoms with Gasteiger partial charge in [0.2, 0.25) is 5.91 Å². The molecule has 2 fully saturated rings. The maximum Gasteiger partial charge on any atom is 0.225 e. The summed E-state index contributed by atoms with van der Waals surface area (Å²) < 4.78 is 0. The van der Waals surface area contributed by atoms with Gasteiger partial charge in [-0.15, -0.1) is 0 Å². The quantitative estimate of drug-likeness (QED) is 0.820. The zero-order valence-electron chi connectivity index (χ0n) is 12.1. The second-order valence-electron chi connectivity index (χ2n) is 6.58. The van der Waals surface area contributed by atoms with Crippen LogP contribution in [0.1, 0.15) is 52.4 Å². The number of rotatable bonds is 2. The molecule has 2 saturated carbocycles. The van der Waals surface area contributed by atoms with Crippen molar-refractivity contribution in [1.29, 1.82) is 0 Å². The second kappa shape index (κ2) is 5.60. The molecule has 0 saturated heterocycles. The summed E-state index contributed by atoms with van der Waals surface area (Å²) in [5.74, 6) is 1.54. The number of nitrogens with two attached hydrogens (primary N) is 1. The van der Waals surface area contributed by atoms with E-state index < -0.39 is 0 Å². The Balaban J connectivity index is 1.99. The van der Waals surface area contributed by atoms with E-state index in [1.165, 1.54) is 25.7 Å². The Bertz CT molecular complexity index is 299. The molecule has 104 valence electrons. The van der Waals surface area contributed by atoms with Crippen LogP contribution < -0.4 is 5.73 Å². The monoisotopic (exact) mass is 252 g/mol. The topological polar surface area (TPSA) is 46.3 Å². The summed E-state index contributed by atoms with van der Waals surface area (Å²) in [6, 6.07) is 0.687. The normalized spacial score (nSPS) is 37.8. The minimum atomic E-state index is 0.154. The third-order valence-electron chi connectivity index (χ3n) is 5.22. The van der Waals surface area contributed by atoms with E-state index in [0.29, 0.717) is 23.8 Å². The molecule has 4 atom stereocenters. The third-order valence-corrected chi connectivity index (χ3v) is 5.22. The highest BCUT2D eigenvalue weighted by molar-refractivity contribution is 5.79. The first kappa shape index (κ1) is 13.9. The van der Waals surface area contributed by atoms with Gasteiger partial charge in [0.1, 0.15) is 0 Å². The van der Waals surface area contributed by atoms with Gasteiger partial charge in [0.05, 0.1) is 0 Å². The first-order chi connectivity index (χ1) is 8.50. The summed E-state index contributed by atoms with van der Waals surface area (Å²) in [7, 11) is 1.99. The van der Waals surface area contributed by atoms with E-state index in [2.05, 4.69) is 13.8 Å². The van der Waals surface area contributed by atoms with Gasteiger partial charge in [-0.1, -0.05) is 26.7 Å². The Morgan fingerprint density at radius 3 is 2.33 bits per heavy atom. The van der Waals surface area contributed by atoms with E-state index in [4.69, 9.17) is 5.73 Å². The smallest absolute Gasteiger partial charge is 0.225 e. The number of amides is 1. The van der Waals surface area contributed by atoms with Crippen molar-refractivity contribution in [1.82, 2.24) is 4.90 Å². The molecule has 2 N–H and O–H groups in total. The van der Waals surface area contributed by atoms with E-state index in [-0.39, 0.29) is 12.0 Å². The van der Waals surface area contributed by atoms with E-state index in [1.54, 1.807) is 0 Å². The minimum Gasteiger partial charge on any atom is -0.343 e. The van der Waals surface area contributed by atoms with Gasteiger partial charge in [-0.05, 0) is 37.5 Å². The Morgan fingerprint density at radius 2 is 1.72 bits per heavy atom. The largest absolute Gasteiger partial charge is 0.343 e. The van der Waals surface area contributed by atoms with Gasteiger partial charge in [-0.3, -0.25) is 4.79 Å². The lowest BCUT2D eigenvalue weighted by Crippen LogP contribution is -2.47. The fourth-order valence-electron chi connectivity index (χ4n) is 3.76. The zero-order valence-corrected chi connectivity index (χ0v) is 12.1. The molecule has 4 unspecified atom stereocenters. The Kier molecular flexibility index (Phi) is 4.31. The first-order valence-electron chi connectivity index (χ1n) is 7.53. The lowest BCUT2D eigenvalue weighted by atomic mass is 9.72. The lowest BCUT2D eigenvalue weighted by Gasteiger charge is -2.39. The van der Waals surface area contributed by atoms with Crippen LogP contribution in [0.15, 0.2) is 0 Å². The number of carbonyl (C=O) groups excluding carboxylic acids is 1. The maximum absolute atomic E-state index is 12.6. The van der Waals surface area contributed by atoms with Gasteiger partial charge in [0, 0.05) is 25.0 Å². The summed E-state index contributed by atoms with van der Waals surface area (Å²) in [6.07, 6.45) is 6.89. The van der Waals surface area contributed by atoms with Gasteiger partial charge >= 0.3 is 0 Å². The molecule has 0 aliphatic heterocycles. The van der Waals surface area contributed by atoms with Crippen molar-refractivity contribution in [2.75, 3.05) is 7.05 Å². The van der Waals surface area contributed by atoms with Crippen LogP contribution in [0.5, 0.6) is 0 Å². The molecule has 0 aromatic heterocycles. The fourth-order valence-corrected chi connectivity index (χ4v) is 3.76. The number of carbonyl (C=O) groups is 1. The van der Waals surface area contributed by atoms with Crippen LogP contribution >= 0.6 is 0 Å². The van der Waals surface area contributed by atoms with Crippen LogP contribution in [-0.2, 0) is 4.79 Å². The Labute approximate surface area is 111 Å². The Hall–Kier alpha value is -0.570. The van der Waals surface area contributed by atoms with Crippen LogP contribution in [-0.4, -0.2) is 29.9 Å². The average molecular weight is 252 g/mol. The number of hydrogen-bond acceptors (Lipinski definition) is 2. The van der Waals surface area contributed by atoms with Crippen molar-refractivity contribution >= 4 is 5.91 Å². The highest BCUT2D eigenvalue weighted by Crippen LogP contribution is 2.35. The SMILES string of the molecule is CC1CC(C)C(C(=O)N(C)C2CCCC2)CC1N. The summed E-state index contributed by atoms with van der Waals surface area (Å²) in [5.41, 5.74) is 6.15. The van der Waals surface area contributed by atoms with Crippen molar-refractivity contribution in [2.45, 2.75) is 64.5 Å². The van der Waals surface area contributed by atoms with Crippen molar-refractivity contribution < 1.29 is 4.79 Å². The predicted molar refractivity (Wildman–Crippen MR) is 74.1 cm³/mol. The molecule has 0 aromatic carbocycles. The zero-order chi connectivity index (χ0) is 13.3. The summed E-state index contributed by atoms with van der Waals surface area (Å²) >= 11 is 0. The minimum absolute atomic E-state index is 0.154. The highest BCUT2D eigenvalue weighted by Gasteiger charge is 2.37. The summed E-state index contributed by atoms with van der Waals surface area (Å²) in [4.78, 5) is 14.6. The van der Waals surface area contributed by atoms with Gasteiger partial charge in [-0.25, -0.2) is 0 Å². The standard InChI is InChI=1S/C15H28N2O/c1-10-8-11(2)14(16)9-13(10)15(18)17(3)12-6-4-5-7-12/h10-14H,4-9,16H2,1-3H3. The van der Waals surface area contributed by atoms with E-state index in [0.717, 1.165) is 12.8 Å². The molecule has 2 aliphatic carbocycles. The second-order valence-corrected chi connectivity index (χ2v) is 6.58. The summed E-state index contributed by atoms with van der Waals surface area (Å²) in [6.45, 7) is 4.43. The van der Waals surface area contributed by atoms with Crippen molar-refractivity contribution in [3.63, 3.8) is 0 Å². The number of hydrogen-bond donors (Lipinski definition) is 1. The van der Waals surface area contributed by atoms with Gasteiger partial charge in [0.25, 0.3) is 0 Å². The van der Waals surface area contributed by atoms with Crippen molar-refractivity contribution in [2.24, 2.45) is 23.5 Å². The molecular formula is C15H28N2O. The van der Waals surface area contributed by atoms with Crippen LogP contribution in [0.3, 0.4) is 0 Å².